The third-order valence-corrected chi connectivity index (χ3v) is 4.79. The van der Waals surface area contributed by atoms with Crippen molar-refractivity contribution >= 4 is 34.2 Å². The maximum atomic E-state index is 12.1. The maximum Gasteiger partial charge on any atom is 0.246 e. The Balaban J connectivity index is 1.33. The van der Waals surface area contributed by atoms with Crippen LogP contribution in [0.5, 0.6) is 5.88 Å². The summed E-state index contributed by atoms with van der Waals surface area (Å²) in [4.78, 5) is 19.4. The summed E-state index contributed by atoms with van der Waals surface area (Å²) in [5.74, 6) is 0.634. The molecule has 1 saturated heterocycles. The van der Waals surface area contributed by atoms with E-state index in [1.165, 1.54) is 0 Å². The number of rotatable bonds is 4. The van der Waals surface area contributed by atoms with Gasteiger partial charge in [-0.2, -0.15) is 0 Å². The first-order valence-corrected chi connectivity index (χ1v) is 8.69. The van der Waals surface area contributed by atoms with Crippen molar-refractivity contribution in [3.05, 3.63) is 64.9 Å². The van der Waals surface area contributed by atoms with Gasteiger partial charge in [0.1, 0.15) is 6.10 Å². The first-order valence-electron chi connectivity index (χ1n) is 7.81. The molecular weight excluding hydrogens is 320 g/mol. The number of fused-ring (bicyclic) bond motifs is 1. The van der Waals surface area contributed by atoms with E-state index in [0.29, 0.717) is 19.0 Å². The molecule has 4 rings (SSSR count). The van der Waals surface area contributed by atoms with Crippen LogP contribution in [0.25, 0.3) is 17.0 Å². The number of ether oxygens (including phenoxy) is 1. The van der Waals surface area contributed by atoms with Gasteiger partial charge in [-0.05, 0) is 29.7 Å². The van der Waals surface area contributed by atoms with E-state index in [4.69, 9.17) is 4.74 Å². The van der Waals surface area contributed by atoms with Crippen LogP contribution >= 0.6 is 11.3 Å². The number of aromatic nitrogens is 1. The van der Waals surface area contributed by atoms with Crippen LogP contribution in [0.15, 0.2) is 60.0 Å². The van der Waals surface area contributed by atoms with E-state index in [-0.39, 0.29) is 12.0 Å². The van der Waals surface area contributed by atoms with Crippen molar-refractivity contribution in [2.45, 2.75) is 6.10 Å². The molecule has 0 saturated carbocycles. The van der Waals surface area contributed by atoms with Gasteiger partial charge in [-0.15, -0.1) is 11.3 Å². The summed E-state index contributed by atoms with van der Waals surface area (Å²) in [7, 11) is 0. The Morgan fingerprint density at radius 1 is 1.17 bits per heavy atom. The number of likely N-dealkylation sites (tertiary alicyclic amines) is 1. The fraction of sp³-hybridized carbons (Fsp3) is 0.158. The lowest BCUT2D eigenvalue weighted by Gasteiger charge is -2.38. The summed E-state index contributed by atoms with van der Waals surface area (Å²) in [5, 5.41) is 3.09. The summed E-state index contributed by atoms with van der Waals surface area (Å²) in [6.07, 6.45) is 3.49. The van der Waals surface area contributed by atoms with Crippen LogP contribution in [0.1, 0.15) is 4.88 Å². The molecule has 1 aliphatic heterocycles. The largest absolute Gasteiger partial charge is 0.471 e. The third kappa shape index (κ3) is 3.16. The van der Waals surface area contributed by atoms with Crippen molar-refractivity contribution < 1.29 is 9.53 Å². The van der Waals surface area contributed by atoms with Crippen molar-refractivity contribution in [1.82, 2.24) is 9.88 Å². The van der Waals surface area contributed by atoms with Crippen molar-refractivity contribution in [3.63, 3.8) is 0 Å². The Morgan fingerprint density at radius 3 is 2.88 bits per heavy atom. The molecule has 3 aromatic rings. The van der Waals surface area contributed by atoms with Gasteiger partial charge in [0.2, 0.25) is 11.8 Å². The molecule has 0 radical (unpaired) electrons. The van der Waals surface area contributed by atoms with Gasteiger partial charge in [0.15, 0.2) is 0 Å². The fourth-order valence-corrected chi connectivity index (χ4v) is 3.24. The number of nitrogens with zero attached hydrogens (tertiary/aromatic N) is 2. The molecule has 0 atom stereocenters. The van der Waals surface area contributed by atoms with Crippen LogP contribution in [0.4, 0.5) is 0 Å². The Bertz CT molecular complexity index is 883. The molecule has 120 valence electrons. The van der Waals surface area contributed by atoms with Gasteiger partial charge in [0.25, 0.3) is 0 Å². The molecule has 1 amide bonds. The predicted molar refractivity (Wildman–Crippen MR) is 96.1 cm³/mol. The lowest BCUT2D eigenvalue weighted by atomic mass is 10.1. The number of benzene rings is 1. The van der Waals surface area contributed by atoms with E-state index in [9.17, 15) is 4.79 Å². The minimum atomic E-state index is 0.0118. The number of hydrogen-bond acceptors (Lipinski definition) is 4. The van der Waals surface area contributed by atoms with Crippen molar-refractivity contribution in [1.29, 1.82) is 0 Å². The van der Waals surface area contributed by atoms with Gasteiger partial charge < -0.3 is 9.64 Å². The van der Waals surface area contributed by atoms with Gasteiger partial charge in [0, 0.05) is 22.4 Å². The van der Waals surface area contributed by atoms with E-state index < -0.39 is 0 Å². The molecule has 1 fully saturated rings. The standard InChI is InChI=1S/C19H16N2O2S/c22-19(10-8-16-5-3-11-24-16)21-12-15(13-21)23-18-9-7-14-4-1-2-6-17(14)20-18/h1-11,15H,12-13H2/b10-8+. The van der Waals surface area contributed by atoms with E-state index in [1.54, 1.807) is 22.3 Å². The molecule has 0 unspecified atom stereocenters. The highest BCUT2D eigenvalue weighted by molar-refractivity contribution is 7.10. The van der Waals surface area contributed by atoms with Crippen LogP contribution in [0.3, 0.4) is 0 Å². The van der Waals surface area contributed by atoms with Crippen molar-refractivity contribution in [2.24, 2.45) is 0 Å². The average molecular weight is 336 g/mol. The van der Waals surface area contributed by atoms with Gasteiger partial charge in [-0.25, -0.2) is 4.98 Å². The SMILES string of the molecule is O=C(/C=C/c1cccs1)N1CC(Oc2ccc3ccccc3n2)C1. The van der Waals surface area contributed by atoms with Gasteiger partial charge in [-0.1, -0.05) is 24.3 Å². The minimum absolute atomic E-state index is 0.0118. The lowest BCUT2D eigenvalue weighted by molar-refractivity contribution is -0.134. The highest BCUT2D eigenvalue weighted by Crippen LogP contribution is 2.20. The number of para-hydroxylation sites is 1. The zero-order valence-corrected chi connectivity index (χ0v) is 13.8. The molecule has 0 spiro atoms. The number of thiophene rings is 1. The van der Waals surface area contributed by atoms with E-state index in [2.05, 4.69) is 4.98 Å². The molecule has 0 aliphatic carbocycles. The summed E-state index contributed by atoms with van der Waals surface area (Å²) in [6.45, 7) is 1.20. The smallest absolute Gasteiger partial charge is 0.246 e. The quantitative estimate of drug-likeness (QED) is 0.684. The summed E-state index contributed by atoms with van der Waals surface area (Å²) in [5.41, 5.74) is 0.918. The van der Waals surface area contributed by atoms with Gasteiger partial charge >= 0.3 is 0 Å². The number of carbonyl (C=O) groups excluding carboxylic acids is 1. The summed E-state index contributed by atoms with van der Waals surface area (Å²) < 4.78 is 5.86. The topological polar surface area (TPSA) is 42.4 Å². The number of amides is 1. The second-order valence-electron chi connectivity index (χ2n) is 5.67. The summed E-state index contributed by atoms with van der Waals surface area (Å²) >= 11 is 1.61. The number of pyridine rings is 1. The van der Waals surface area contributed by atoms with E-state index in [1.807, 2.05) is 60.0 Å². The third-order valence-electron chi connectivity index (χ3n) is 3.95. The molecule has 4 nitrogen and oxygen atoms in total. The van der Waals surface area contributed by atoms with Crippen molar-refractivity contribution in [2.75, 3.05) is 13.1 Å². The minimum Gasteiger partial charge on any atom is -0.471 e. The highest BCUT2D eigenvalue weighted by Gasteiger charge is 2.31. The molecule has 0 N–H and O–H groups in total. The Labute approximate surface area is 144 Å². The molecule has 3 heterocycles. The average Bonchev–Trinajstić information content (AvgIpc) is 3.09. The second kappa shape index (κ2) is 6.45. The highest BCUT2D eigenvalue weighted by atomic mass is 32.1. The van der Waals surface area contributed by atoms with Crippen LogP contribution in [0.2, 0.25) is 0 Å². The predicted octanol–water partition coefficient (Wildman–Crippen LogP) is 3.60. The molecule has 5 heteroatoms. The van der Waals surface area contributed by atoms with Gasteiger partial charge in [-0.3, -0.25) is 4.79 Å². The second-order valence-corrected chi connectivity index (χ2v) is 6.65. The van der Waals surface area contributed by atoms with Gasteiger partial charge in [0.05, 0.1) is 18.6 Å². The fourth-order valence-electron chi connectivity index (χ4n) is 2.62. The monoisotopic (exact) mass is 336 g/mol. The molecular formula is C19H16N2O2S. The maximum absolute atomic E-state index is 12.1. The van der Waals surface area contributed by atoms with E-state index >= 15 is 0 Å². The van der Waals surface area contributed by atoms with Crippen LogP contribution in [-0.2, 0) is 4.79 Å². The first kappa shape index (κ1) is 14.9. The first-order chi connectivity index (χ1) is 11.8. The van der Waals surface area contributed by atoms with Crippen molar-refractivity contribution in [3.8, 4) is 5.88 Å². The molecule has 1 aliphatic rings. The van der Waals surface area contributed by atoms with E-state index in [0.717, 1.165) is 15.8 Å². The van der Waals surface area contributed by atoms with Crippen LogP contribution in [-0.4, -0.2) is 35.0 Å². The zero-order chi connectivity index (χ0) is 16.4. The zero-order valence-electron chi connectivity index (χ0n) is 13.0. The molecule has 2 aromatic heterocycles. The molecule has 0 bridgehead atoms. The summed E-state index contributed by atoms with van der Waals surface area (Å²) in [6, 6.07) is 15.8. The lowest BCUT2D eigenvalue weighted by Crippen LogP contribution is -2.55. The Kier molecular flexibility index (Phi) is 4.01. The normalized spacial score (nSPS) is 14.9. The Morgan fingerprint density at radius 2 is 2.04 bits per heavy atom. The number of hydrogen-bond donors (Lipinski definition) is 0. The molecule has 1 aromatic carbocycles. The van der Waals surface area contributed by atoms with Crippen LogP contribution in [0, 0.1) is 0 Å². The Hall–Kier alpha value is -2.66. The molecule has 24 heavy (non-hydrogen) atoms. The number of carbonyl (C=O) groups is 1. The van der Waals surface area contributed by atoms with Crippen LogP contribution < -0.4 is 4.74 Å².